The zero-order valence-electron chi connectivity index (χ0n) is 24.5. The van der Waals surface area contributed by atoms with E-state index in [2.05, 4.69) is 4.99 Å². The Hall–Kier alpha value is -5.78. The molecule has 232 valence electrons. The standard InChI is InChI=1S/C35H30N4O6S/c36-33(38-34(40)44-29-14-5-2-6-15-29)28-13-9-12-26(22-28)24-39(23-25-10-3-1-4-11-25)35(41)45-30-20-18-27(19-21-30)31-16-7-8-17-32(31)46(37,42)43/h1-22H,23-24H2,(H2,36,38,40)(H2,37,42,43). The zero-order valence-corrected chi connectivity index (χ0v) is 25.3. The van der Waals surface area contributed by atoms with Crippen molar-refractivity contribution in [2.45, 2.75) is 18.0 Å². The summed E-state index contributed by atoms with van der Waals surface area (Å²) in [5, 5.41) is 5.39. The molecule has 0 bridgehead atoms. The Morgan fingerprint density at radius 1 is 0.674 bits per heavy atom. The fourth-order valence-electron chi connectivity index (χ4n) is 4.63. The van der Waals surface area contributed by atoms with Gasteiger partial charge in [-0.1, -0.05) is 97.1 Å². The molecule has 0 aromatic heterocycles. The SMILES string of the molecule is NC(=NC(=O)Oc1ccccc1)c1cccc(CN(Cc2ccccc2)C(=O)Oc2ccc(-c3ccccc3S(N)(=O)=O)cc2)c1. The first kappa shape index (κ1) is 31.6. The first-order valence-corrected chi connectivity index (χ1v) is 15.6. The highest BCUT2D eigenvalue weighted by atomic mass is 32.2. The van der Waals surface area contributed by atoms with Gasteiger partial charge in [-0.05, 0) is 53.1 Å². The number of carbonyl (C=O) groups excluding carboxylic acids is 2. The van der Waals surface area contributed by atoms with Crippen LogP contribution in [0.25, 0.3) is 11.1 Å². The number of aliphatic imine (C=N–C) groups is 1. The molecule has 0 saturated carbocycles. The van der Waals surface area contributed by atoms with Gasteiger partial charge in [0.1, 0.15) is 17.3 Å². The van der Waals surface area contributed by atoms with Crippen molar-refractivity contribution in [3.8, 4) is 22.6 Å². The topological polar surface area (TPSA) is 154 Å². The average molecular weight is 635 g/mol. The molecule has 0 atom stereocenters. The molecule has 5 aromatic carbocycles. The second-order valence-corrected chi connectivity index (χ2v) is 11.7. The lowest BCUT2D eigenvalue weighted by atomic mass is 10.1. The van der Waals surface area contributed by atoms with Crippen molar-refractivity contribution >= 4 is 28.0 Å². The highest BCUT2D eigenvalue weighted by Crippen LogP contribution is 2.28. The van der Waals surface area contributed by atoms with Crippen molar-refractivity contribution in [1.29, 1.82) is 0 Å². The molecule has 0 spiro atoms. The molecule has 0 heterocycles. The Balaban J connectivity index is 1.33. The Bertz CT molecular complexity index is 1970. The van der Waals surface area contributed by atoms with Crippen LogP contribution in [-0.2, 0) is 23.1 Å². The summed E-state index contributed by atoms with van der Waals surface area (Å²) in [7, 11) is -3.94. The lowest BCUT2D eigenvalue weighted by Crippen LogP contribution is -2.32. The van der Waals surface area contributed by atoms with Crippen LogP contribution < -0.4 is 20.3 Å². The summed E-state index contributed by atoms with van der Waals surface area (Å²) in [6.07, 6.45) is -1.47. The van der Waals surface area contributed by atoms with E-state index in [1.165, 1.54) is 11.0 Å². The maximum absolute atomic E-state index is 13.5. The monoisotopic (exact) mass is 634 g/mol. The van der Waals surface area contributed by atoms with E-state index in [1.54, 1.807) is 91.0 Å². The molecule has 0 saturated heterocycles. The van der Waals surface area contributed by atoms with Crippen LogP contribution in [0.3, 0.4) is 0 Å². The summed E-state index contributed by atoms with van der Waals surface area (Å²) in [6.45, 7) is 0.403. The van der Waals surface area contributed by atoms with Crippen molar-refractivity contribution in [2.24, 2.45) is 15.9 Å². The first-order chi connectivity index (χ1) is 22.2. The minimum atomic E-state index is -3.94. The zero-order chi connectivity index (χ0) is 32.5. The normalized spacial score (nSPS) is 11.5. The second-order valence-electron chi connectivity index (χ2n) is 10.2. The van der Waals surface area contributed by atoms with Gasteiger partial charge in [-0.3, -0.25) is 4.90 Å². The maximum atomic E-state index is 13.5. The molecule has 10 nitrogen and oxygen atoms in total. The van der Waals surface area contributed by atoms with Crippen molar-refractivity contribution in [3.63, 3.8) is 0 Å². The molecule has 46 heavy (non-hydrogen) atoms. The molecule has 0 aliphatic heterocycles. The molecule has 2 amide bonds. The van der Waals surface area contributed by atoms with Gasteiger partial charge in [0.25, 0.3) is 0 Å². The van der Waals surface area contributed by atoms with E-state index in [0.717, 1.165) is 11.1 Å². The van der Waals surface area contributed by atoms with Gasteiger partial charge in [0.05, 0.1) is 4.90 Å². The van der Waals surface area contributed by atoms with Gasteiger partial charge in [0.2, 0.25) is 10.0 Å². The smallest absolute Gasteiger partial charge is 0.410 e. The molecule has 0 aliphatic rings. The number of nitrogens with zero attached hydrogens (tertiary/aromatic N) is 2. The van der Waals surface area contributed by atoms with Gasteiger partial charge in [0, 0.05) is 24.2 Å². The Kier molecular flexibility index (Phi) is 9.86. The molecule has 5 aromatic rings. The van der Waals surface area contributed by atoms with Crippen LogP contribution in [0.5, 0.6) is 11.5 Å². The summed E-state index contributed by atoms with van der Waals surface area (Å²) >= 11 is 0. The van der Waals surface area contributed by atoms with Gasteiger partial charge in [0.15, 0.2) is 0 Å². The van der Waals surface area contributed by atoms with E-state index in [1.807, 2.05) is 36.4 Å². The number of rotatable bonds is 9. The lowest BCUT2D eigenvalue weighted by molar-refractivity contribution is 0.146. The lowest BCUT2D eigenvalue weighted by Gasteiger charge is -2.23. The highest BCUT2D eigenvalue weighted by Gasteiger charge is 2.19. The predicted octanol–water partition coefficient (Wildman–Crippen LogP) is 6.11. The molecule has 11 heteroatoms. The number of hydrogen-bond donors (Lipinski definition) is 2. The van der Waals surface area contributed by atoms with Crippen LogP contribution in [0.1, 0.15) is 16.7 Å². The number of amidine groups is 1. The Labute approximate surface area is 266 Å². The number of benzene rings is 5. The maximum Gasteiger partial charge on any atom is 0.441 e. The Morgan fingerprint density at radius 3 is 1.96 bits per heavy atom. The number of nitrogens with two attached hydrogens (primary N) is 2. The highest BCUT2D eigenvalue weighted by molar-refractivity contribution is 7.89. The number of sulfonamides is 1. The third kappa shape index (κ3) is 8.44. The van der Waals surface area contributed by atoms with Crippen molar-refractivity contribution < 1.29 is 27.5 Å². The summed E-state index contributed by atoms with van der Waals surface area (Å²) in [6, 6.07) is 37.9. The van der Waals surface area contributed by atoms with Gasteiger partial charge < -0.3 is 15.2 Å². The third-order valence-electron chi connectivity index (χ3n) is 6.79. The van der Waals surface area contributed by atoms with E-state index < -0.39 is 22.2 Å². The number of carbonyl (C=O) groups is 2. The number of para-hydroxylation sites is 1. The molecule has 0 unspecified atom stereocenters. The molecule has 0 radical (unpaired) electrons. The minimum absolute atomic E-state index is 0.00483. The number of ether oxygens (including phenoxy) is 2. The third-order valence-corrected chi connectivity index (χ3v) is 7.76. The van der Waals surface area contributed by atoms with Crippen LogP contribution in [0.15, 0.2) is 143 Å². The van der Waals surface area contributed by atoms with Crippen LogP contribution >= 0.6 is 0 Å². The summed E-state index contributed by atoms with van der Waals surface area (Å²) in [5.74, 6) is 0.571. The molecular formula is C35H30N4O6S. The van der Waals surface area contributed by atoms with Crippen LogP contribution in [0.4, 0.5) is 9.59 Å². The van der Waals surface area contributed by atoms with Gasteiger partial charge in [-0.2, -0.15) is 4.99 Å². The molecule has 0 aliphatic carbocycles. The van der Waals surface area contributed by atoms with Crippen molar-refractivity contribution in [1.82, 2.24) is 4.90 Å². The van der Waals surface area contributed by atoms with Crippen molar-refractivity contribution in [3.05, 3.63) is 150 Å². The quantitative estimate of drug-likeness (QED) is 0.147. The van der Waals surface area contributed by atoms with Crippen LogP contribution in [-0.4, -0.2) is 31.3 Å². The minimum Gasteiger partial charge on any atom is -0.410 e. The number of hydrogen-bond acceptors (Lipinski definition) is 6. The summed E-state index contributed by atoms with van der Waals surface area (Å²) in [5.41, 5.74) is 9.23. The van der Waals surface area contributed by atoms with Crippen LogP contribution in [0.2, 0.25) is 0 Å². The molecular weight excluding hydrogens is 604 g/mol. The summed E-state index contributed by atoms with van der Waals surface area (Å²) < 4.78 is 35.0. The molecule has 0 fully saturated rings. The van der Waals surface area contributed by atoms with Crippen molar-refractivity contribution in [2.75, 3.05) is 0 Å². The van der Waals surface area contributed by atoms with Gasteiger partial charge in [-0.15, -0.1) is 0 Å². The average Bonchev–Trinajstić information content (AvgIpc) is 3.05. The largest absolute Gasteiger partial charge is 0.441 e. The fraction of sp³-hybridized carbons (Fsp3) is 0.0571. The predicted molar refractivity (Wildman–Crippen MR) is 175 cm³/mol. The second kappa shape index (κ2) is 14.3. The summed E-state index contributed by atoms with van der Waals surface area (Å²) in [4.78, 5) is 31.2. The van der Waals surface area contributed by atoms with E-state index >= 15 is 0 Å². The van der Waals surface area contributed by atoms with Crippen LogP contribution in [0, 0.1) is 0 Å². The fourth-order valence-corrected chi connectivity index (χ4v) is 5.40. The van der Waals surface area contributed by atoms with Gasteiger partial charge >= 0.3 is 12.2 Å². The molecule has 5 rings (SSSR count). The van der Waals surface area contributed by atoms with E-state index in [4.69, 9.17) is 20.3 Å². The first-order valence-electron chi connectivity index (χ1n) is 14.1. The van der Waals surface area contributed by atoms with Gasteiger partial charge in [-0.25, -0.2) is 23.1 Å². The Morgan fingerprint density at radius 2 is 1.26 bits per heavy atom. The number of primary sulfonamides is 1. The van der Waals surface area contributed by atoms with E-state index in [0.29, 0.717) is 22.4 Å². The molecule has 4 N–H and O–H groups in total. The van der Waals surface area contributed by atoms with E-state index in [9.17, 15) is 18.0 Å². The number of amides is 2. The van der Waals surface area contributed by atoms with E-state index in [-0.39, 0.29) is 29.6 Å².